The summed E-state index contributed by atoms with van der Waals surface area (Å²) in [5.74, 6) is 0.833. The number of rotatable bonds is 1. The van der Waals surface area contributed by atoms with Crippen molar-refractivity contribution < 1.29 is 0 Å². The standard InChI is InChI=1S/C12H13Cl2N.ClH/c1-15-6-9-5-12(9,7-15)8-2-3-10(13)11(14)4-8;/h2-4,9H,5-7H2,1H3;1H/t9-,12-;/m1./s1. The van der Waals surface area contributed by atoms with Crippen LogP contribution in [0.25, 0.3) is 0 Å². The van der Waals surface area contributed by atoms with Gasteiger partial charge in [-0.05, 0) is 37.1 Å². The number of likely N-dealkylation sites (tertiary alicyclic amines) is 1. The van der Waals surface area contributed by atoms with Gasteiger partial charge in [0.1, 0.15) is 0 Å². The Bertz CT molecular complexity index is 421. The first-order chi connectivity index (χ1) is 7.12. The summed E-state index contributed by atoms with van der Waals surface area (Å²) in [5, 5.41) is 1.34. The Morgan fingerprint density at radius 2 is 2.06 bits per heavy atom. The van der Waals surface area contributed by atoms with Gasteiger partial charge in [0.05, 0.1) is 10.0 Å². The molecular weight excluding hydrogens is 264 g/mol. The minimum absolute atomic E-state index is 0. The van der Waals surface area contributed by atoms with E-state index in [4.69, 9.17) is 23.2 Å². The van der Waals surface area contributed by atoms with Crippen LogP contribution in [-0.4, -0.2) is 25.0 Å². The Morgan fingerprint density at radius 1 is 1.31 bits per heavy atom. The minimum Gasteiger partial charge on any atom is -0.305 e. The molecule has 1 aliphatic heterocycles. The van der Waals surface area contributed by atoms with Crippen LogP contribution in [0.4, 0.5) is 0 Å². The first-order valence-electron chi connectivity index (χ1n) is 5.26. The molecule has 3 rings (SSSR count). The number of hydrogen-bond acceptors (Lipinski definition) is 1. The number of nitrogens with zero attached hydrogens (tertiary/aromatic N) is 1. The van der Waals surface area contributed by atoms with Crippen molar-refractivity contribution in [3.63, 3.8) is 0 Å². The molecule has 1 nitrogen and oxygen atoms in total. The van der Waals surface area contributed by atoms with Crippen LogP contribution in [0.1, 0.15) is 12.0 Å². The van der Waals surface area contributed by atoms with E-state index in [1.54, 1.807) is 0 Å². The molecule has 2 fully saturated rings. The van der Waals surface area contributed by atoms with Gasteiger partial charge >= 0.3 is 0 Å². The van der Waals surface area contributed by atoms with Crippen molar-refractivity contribution in [3.8, 4) is 0 Å². The maximum absolute atomic E-state index is 6.06. The van der Waals surface area contributed by atoms with Crippen molar-refractivity contribution in [2.45, 2.75) is 11.8 Å². The summed E-state index contributed by atoms with van der Waals surface area (Å²) in [5.41, 5.74) is 1.76. The molecule has 2 atom stereocenters. The Kier molecular flexibility index (Phi) is 3.17. The van der Waals surface area contributed by atoms with Crippen LogP contribution in [0.3, 0.4) is 0 Å². The zero-order valence-electron chi connectivity index (χ0n) is 9.04. The van der Waals surface area contributed by atoms with Gasteiger partial charge in [0.2, 0.25) is 0 Å². The van der Waals surface area contributed by atoms with E-state index in [1.165, 1.54) is 18.5 Å². The molecule has 0 aromatic heterocycles. The summed E-state index contributed by atoms with van der Waals surface area (Å²) < 4.78 is 0. The SMILES string of the molecule is CN1C[C@H]2C[C@]2(c2ccc(Cl)c(Cl)c2)C1.Cl. The third-order valence-corrected chi connectivity index (χ3v) is 4.55. The lowest BCUT2D eigenvalue weighted by Gasteiger charge is -2.16. The zero-order valence-corrected chi connectivity index (χ0v) is 11.4. The topological polar surface area (TPSA) is 3.24 Å². The average Bonchev–Trinajstić information content (AvgIpc) is 2.75. The molecule has 4 heteroatoms. The number of benzene rings is 1. The molecule has 1 heterocycles. The Balaban J connectivity index is 0.000000963. The first-order valence-corrected chi connectivity index (χ1v) is 6.01. The van der Waals surface area contributed by atoms with Crippen LogP contribution < -0.4 is 0 Å². The highest BCUT2D eigenvalue weighted by atomic mass is 35.5. The molecule has 0 radical (unpaired) electrons. The van der Waals surface area contributed by atoms with Gasteiger partial charge in [-0.15, -0.1) is 12.4 Å². The van der Waals surface area contributed by atoms with Gasteiger partial charge in [-0.2, -0.15) is 0 Å². The molecule has 1 aromatic carbocycles. The van der Waals surface area contributed by atoms with Gasteiger partial charge in [-0.25, -0.2) is 0 Å². The molecule has 1 saturated carbocycles. The van der Waals surface area contributed by atoms with Crippen molar-refractivity contribution in [3.05, 3.63) is 33.8 Å². The monoisotopic (exact) mass is 277 g/mol. The number of piperidine rings is 1. The highest BCUT2D eigenvalue weighted by molar-refractivity contribution is 6.42. The second-order valence-electron chi connectivity index (χ2n) is 4.88. The molecule has 2 aliphatic rings. The van der Waals surface area contributed by atoms with Gasteiger partial charge in [0, 0.05) is 18.5 Å². The molecule has 0 bridgehead atoms. The molecule has 1 aliphatic carbocycles. The lowest BCUT2D eigenvalue weighted by molar-refractivity contribution is 0.363. The summed E-state index contributed by atoms with van der Waals surface area (Å²) in [4.78, 5) is 2.40. The lowest BCUT2D eigenvalue weighted by atomic mass is 9.95. The molecule has 1 saturated heterocycles. The van der Waals surface area contributed by atoms with E-state index in [0.717, 1.165) is 12.5 Å². The summed E-state index contributed by atoms with van der Waals surface area (Å²) >= 11 is 12.0. The zero-order chi connectivity index (χ0) is 10.6. The maximum atomic E-state index is 6.06. The van der Waals surface area contributed by atoms with Crippen molar-refractivity contribution >= 4 is 35.6 Å². The molecule has 0 amide bonds. The van der Waals surface area contributed by atoms with Crippen LogP contribution in [0.2, 0.25) is 10.0 Å². The van der Waals surface area contributed by atoms with Crippen LogP contribution in [-0.2, 0) is 5.41 Å². The molecular formula is C12H14Cl3N. The fraction of sp³-hybridized carbons (Fsp3) is 0.500. The number of fused-ring (bicyclic) bond motifs is 1. The van der Waals surface area contributed by atoms with Gasteiger partial charge in [0.25, 0.3) is 0 Å². The van der Waals surface area contributed by atoms with Crippen LogP contribution in [0, 0.1) is 5.92 Å². The second-order valence-corrected chi connectivity index (χ2v) is 5.70. The number of likely N-dealkylation sites (N-methyl/N-ethyl adjacent to an activating group) is 1. The Labute approximate surface area is 112 Å². The first kappa shape index (κ1) is 12.5. The van der Waals surface area contributed by atoms with Crippen molar-refractivity contribution in [2.75, 3.05) is 20.1 Å². The highest BCUT2D eigenvalue weighted by Crippen LogP contribution is 2.59. The smallest absolute Gasteiger partial charge is 0.0595 e. The van der Waals surface area contributed by atoms with E-state index in [-0.39, 0.29) is 12.4 Å². The Hall–Kier alpha value is 0.0500. The van der Waals surface area contributed by atoms with Gasteiger partial charge < -0.3 is 4.90 Å². The molecule has 0 unspecified atom stereocenters. The summed E-state index contributed by atoms with van der Waals surface area (Å²) in [6.07, 6.45) is 1.31. The van der Waals surface area contributed by atoms with Crippen molar-refractivity contribution in [1.29, 1.82) is 0 Å². The van der Waals surface area contributed by atoms with E-state index in [1.807, 2.05) is 12.1 Å². The predicted octanol–water partition coefficient (Wildman–Crippen LogP) is 3.62. The summed E-state index contributed by atoms with van der Waals surface area (Å²) in [6.45, 7) is 2.38. The quantitative estimate of drug-likeness (QED) is 0.758. The third kappa shape index (κ3) is 1.74. The summed E-state index contributed by atoms with van der Waals surface area (Å²) in [6, 6.07) is 6.10. The molecule has 1 aromatic rings. The molecule has 0 N–H and O–H groups in total. The van der Waals surface area contributed by atoms with Crippen molar-refractivity contribution in [2.24, 2.45) is 5.92 Å². The van der Waals surface area contributed by atoms with Crippen LogP contribution >= 0.6 is 35.6 Å². The van der Waals surface area contributed by atoms with Crippen LogP contribution in [0.5, 0.6) is 0 Å². The van der Waals surface area contributed by atoms with E-state index < -0.39 is 0 Å². The number of hydrogen-bond donors (Lipinski definition) is 0. The second kappa shape index (κ2) is 4.06. The van der Waals surface area contributed by atoms with Gasteiger partial charge in [0.15, 0.2) is 0 Å². The number of halogens is 3. The fourth-order valence-electron chi connectivity index (χ4n) is 2.99. The van der Waals surface area contributed by atoms with E-state index in [2.05, 4.69) is 18.0 Å². The predicted molar refractivity (Wildman–Crippen MR) is 71.0 cm³/mol. The highest BCUT2D eigenvalue weighted by Gasteiger charge is 2.59. The van der Waals surface area contributed by atoms with E-state index in [0.29, 0.717) is 15.5 Å². The molecule has 88 valence electrons. The average molecular weight is 279 g/mol. The lowest BCUT2D eigenvalue weighted by Crippen LogP contribution is -2.22. The normalized spacial score (nSPS) is 32.1. The Morgan fingerprint density at radius 3 is 2.62 bits per heavy atom. The van der Waals surface area contributed by atoms with Crippen LogP contribution in [0.15, 0.2) is 18.2 Å². The maximum Gasteiger partial charge on any atom is 0.0595 e. The minimum atomic E-state index is 0. The van der Waals surface area contributed by atoms with E-state index in [9.17, 15) is 0 Å². The van der Waals surface area contributed by atoms with Gasteiger partial charge in [-0.3, -0.25) is 0 Å². The third-order valence-electron chi connectivity index (χ3n) is 3.81. The van der Waals surface area contributed by atoms with Gasteiger partial charge in [-0.1, -0.05) is 29.3 Å². The molecule has 0 spiro atoms. The fourth-order valence-corrected chi connectivity index (χ4v) is 3.28. The van der Waals surface area contributed by atoms with E-state index >= 15 is 0 Å². The largest absolute Gasteiger partial charge is 0.305 e. The summed E-state index contributed by atoms with van der Waals surface area (Å²) in [7, 11) is 2.19. The molecule has 16 heavy (non-hydrogen) atoms. The van der Waals surface area contributed by atoms with Crippen molar-refractivity contribution in [1.82, 2.24) is 4.90 Å².